The summed E-state index contributed by atoms with van der Waals surface area (Å²) in [4.78, 5) is 4.06. The van der Waals surface area contributed by atoms with E-state index in [0.717, 1.165) is 6.42 Å². The summed E-state index contributed by atoms with van der Waals surface area (Å²) in [5, 5.41) is 0. The predicted octanol–water partition coefficient (Wildman–Crippen LogP) is 4.16. The van der Waals surface area contributed by atoms with Gasteiger partial charge in [0.05, 0.1) is 9.83 Å². The van der Waals surface area contributed by atoms with Crippen molar-refractivity contribution in [3.8, 4) is 0 Å². The minimum absolute atomic E-state index is 0.239. The number of likely N-dealkylation sites (tertiary alicyclic amines) is 1. The van der Waals surface area contributed by atoms with Gasteiger partial charge in [0.15, 0.2) is 0 Å². The molecule has 2 rings (SSSR count). The molecule has 2 heterocycles. The molecule has 1 aliphatic heterocycles. The molecular formula is C14H23BrN2S. The van der Waals surface area contributed by atoms with E-state index in [2.05, 4.69) is 46.8 Å². The molecule has 4 heteroatoms. The Morgan fingerprint density at radius 2 is 2.28 bits per heavy atom. The summed E-state index contributed by atoms with van der Waals surface area (Å²) in [6.45, 7) is 5.69. The molecule has 3 atom stereocenters. The molecule has 102 valence electrons. The minimum atomic E-state index is 0.239. The second-order valence-electron chi connectivity index (χ2n) is 5.10. The zero-order valence-electron chi connectivity index (χ0n) is 11.2. The van der Waals surface area contributed by atoms with Crippen LogP contribution in [0.2, 0.25) is 0 Å². The van der Waals surface area contributed by atoms with Crippen LogP contribution in [0.1, 0.15) is 50.4 Å². The first-order valence-corrected chi connectivity index (χ1v) is 8.54. The predicted molar refractivity (Wildman–Crippen MR) is 83.0 cm³/mol. The van der Waals surface area contributed by atoms with E-state index in [1.165, 1.54) is 34.5 Å². The minimum Gasteiger partial charge on any atom is -0.326 e. The molecule has 1 aromatic rings. The van der Waals surface area contributed by atoms with E-state index in [9.17, 15) is 0 Å². The Hall–Kier alpha value is 0.1000. The van der Waals surface area contributed by atoms with Crippen LogP contribution in [0.25, 0.3) is 0 Å². The number of halogens is 1. The third kappa shape index (κ3) is 2.98. The Kier molecular flexibility index (Phi) is 5.24. The molecule has 0 radical (unpaired) electrons. The van der Waals surface area contributed by atoms with Gasteiger partial charge in [0, 0.05) is 17.0 Å². The second kappa shape index (κ2) is 6.51. The van der Waals surface area contributed by atoms with Crippen LogP contribution in [-0.4, -0.2) is 23.5 Å². The first kappa shape index (κ1) is 14.5. The molecule has 1 aliphatic rings. The maximum absolute atomic E-state index is 6.40. The molecule has 1 aromatic heterocycles. The summed E-state index contributed by atoms with van der Waals surface area (Å²) in [6.07, 6.45) is 4.92. The summed E-state index contributed by atoms with van der Waals surface area (Å²) in [5.74, 6) is 0. The second-order valence-corrected chi connectivity index (χ2v) is 7.60. The Bertz CT molecular complexity index is 380. The fourth-order valence-corrected chi connectivity index (χ4v) is 4.61. The normalized spacial score (nSPS) is 24.3. The van der Waals surface area contributed by atoms with Crippen LogP contribution in [0.5, 0.6) is 0 Å². The van der Waals surface area contributed by atoms with Crippen LogP contribution >= 0.6 is 27.3 Å². The van der Waals surface area contributed by atoms with Crippen LogP contribution in [0, 0.1) is 0 Å². The molecule has 0 aromatic carbocycles. The van der Waals surface area contributed by atoms with E-state index in [1.54, 1.807) is 0 Å². The van der Waals surface area contributed by atoms with E-state index in [1.807, 2.05) is 11.3 Å². The third-order valence-corrected chi connectivity index (χ3v) is 5.71. The fraction of sp³-hybridized carbons (Fsp3) is 0.714. The molecule has 1 fully saturated rings. The van der Waals surface area contributed by atoms with Crippen molar-refractivity contribution in [1.82, 2.24) is 4.90 Å². The van der Waals surface area contributed by atoms with Crippen LogP contribution in [0.4, 0.5) is 0 Å². The van der Waals surface area contributed by atoms with Crippen LogP contribution in [0.15, 0.2) is 15.9 Å². The number of nitrogens with two attached hydrogens (primary N) is 1. The number of thiophene rings is 1. The van der Waals surface area contributed by atoms with Crippen molar-refractivity contribution >= 4 is 27.3 Å². The molecule has 3 unspecified atom stereocenters. The smallest absolute Gasteiger partial charge is 0.0702 e. The molecule has 0 bridgehead atoms. The highest BCUT2D eigenvalue weighted by Gasteiger charge is 2.34. The first-order chi connectivity index (χ1) is 8.67. The molecule has 0 aliphatic carbocycles. The highest BCUT2D eigenvalue weighted by atomic mass is 79.9. The SMILES string of the molecule is CCC(N)C(c1ccc(Br)s1)N1CCCC1CC. The molecule has 18 heavy (non-hydrogen) atoms. The average molecular weight is 331 g/mol. The van der Waals surface area contributed by atoms with Crippen LogP contribution in [-0.2, 0) is 0 Å². The van der Waals surface area contributed by atoms with Gasteiger partial charge in [-0.05, 0) is 60.3 Å². The largest absolute Gasteiger partial charge is 0.326 e. The average Bonchev–Trinajstić information content (AvgIpc) is 2.99. The van der Waals surface area contributed by atoms with Crippen molar-refractivity contribution < 1.29 is 0 Å². The fourth-order valence-electron chi connectivity index (χ4n) is 2.99. The van der Waals surface area contributed by atoms with Crippen molar-refractivity contribution in [2.24, 2.45) is 5.73 Å². The molecule has 0 amide bonds. The van der Waals surface area contributed by atoms with Crippen LogP contribution in [0.3, 0.4) is 0 Å². The van der Waals surface area contributed by atoms with Crippen LogP contribution < -0.4 is 5.73 Å². The Morgan fingerprint density at radius 1 is 1.50 bits per heavy atom. The van der Waals surface area contributed by atoms with E-state index in [-0.39, 0.29) is 6.04 Å². The van der Waals surface area contributed by atoms with Crippen molar-refractivity contribution in [2.45, 2.75) is 57.7 Å². The molecule has 2 N–H and O–H groups in total. The highest BCUT2D eigenvalue weighted by Crippen LogP contribution is 2.37. The summed E-state index contributed by atoms with van der Waals surface area (Å²) in [5.41, 5.74) is 6.40. The van der Waals surface area contributed by atoms with Gasteiger partial charge in [0.25, 0.3) is 0 Å². The van der Waals surface area contributed by atoms with E-state index in [0.29, 0.717) is 12.1 Å². The summed E-state index contributed by atoms with van der Waals surface area (Å²) in [7, 11) is 0. The number of hydrogen-bond acceptors (Lipinski definition) is 3. The number of rotatable bonds is 5. The Labute approximate surface area is 123 Å². The first-order valence-electron chi connectivity index (χ1n) is 6.93. The molecule has 1 saturated heterocycles. The monoisotopic (exact) mass is 330 g/mol. The molecule has 2 nitrogen and oxygen atoms in total. The Morgan fingerprint density at radius 3 is 2.83 bits per heavy atom. The molecular weight excluding hydrogens is 308 g/mol. The lowest BCUT2D eigenvalue weighted by Crippen LogP contribution is -2.42. The Balaban J connectivity index is 2.25. The lowest BCUT2D eigenvalue weighted by molar-refractivity contribution is 0.153. The van der Waals surface area contributed by atoms with Gasteiger partial charge in [-0.3, -0.25) is 4.90 Å². The molecule has 0 saturated carbocycles. The lowest BCUT2D eigenvalue weighted by atomic mass is 10.0. The van der Waals surface area contributed by atoms with E-state index in [4.69, 9.17) is 5.73 Å². The number of nitrogens with zero attached hydrogens (tertiary/aromatic N) is 1. The van der Waals surface area contributed by atoms with Gasteiger partial charge in [-0.1, -0.05) is 13.8 Å². The van der Waals surface area contributed by atoms with E-state index >= 15 is 0 Å². The summed E-state index contributed by atoms with van der Waals surface area (Å²) < 4.78 is 1.21. The van der Waals surface area contributed by atoms with Gasteiger partial charge >= 0.3 is 0 Å². The quantitative estimate of drug-likeness (QED) is 0.878. The van der Waals surface area contributed by atoms with Gasteiger partial charge in [0.2, 0.25) is 0 Å². The van der Waals surface area contributed by atoms with Gasteiger partial charge in [-0.25, -0.2) is 0 Å². The maximum Gasteiger partial charge on any atom is 0.0702 e. The number of hydrogen-bond donors (Lipinski definition) is 1. The van der Waals surface area contributed by atoms with Crippen molar-refractivity contribution in [3.05, 3.63) is 20.8 Å². The maximum atomic E-state index is 6.40. The van der Waals surface area contributed by atoms with Gasteiger partial charge in [-0.2, -0.15) is 0 Å². The van der Waals surface area contributed by atoms with Crippen molar-refractivity contribution in [2.75, 3.05) is 6.54 Å². The van der Waals surface area contributed by atoms with Gasteiger partial charge in [0.1, 0.15) is 0 Å². The van der Waals surface area contributed by atoms with Gasteiger partial charge < -0.3 is 5.73 Å². The molecule has 0 spiro atoms. The zero-order chi connectivity index (χ0) is 13.1. The van der Waals surface area contributed by atoms with Crippen molar-refractivity contribution in [1.29, 1.82) is 0 Å². The zero-order valence-corrected chi connectivity index (χ0v) is 13.6. The third-order valence-electron chi connectivity index (χ3n) is 4.01. The lowest BCUT2D eigenvalue weighted by Gasteiger charge is -2.35. The standard InChI is InChI=1S/C14H23BrN2S/c1-3-10-6-5-9-17(10)14(11(16)4-2)12-7-8-13(15)18-12/h7-8,10-11,14H,3-6,9,16H2,1-2H3. The summed E-state index contributed by atoms with van der Waals surface area (Å²) in [6, 6.07) is 5.74. The van der Waals surface area contributed by atoms with Crippen molar-refractivity contribution in [3.63, 3.8) is 0 Å². The summed E-state index contributed by atoms with van der Waals surface area (Å²) >= 11 is 5.41. The van der Waals surface area contributed by atoms with Gasteiger partial charge in [-0.15, -0.1) is 11.3 Å². The topological polar surface area (TPSA) is 29.3 Å². The highest BCUT2D eigenvalue weighted by molar-refractivity contribution is 9.11. The van der Waals surface area contributed by atoms with E-state index < -0.39 is 0 Å².